The molecule has 6 nitrogen and oxygen atoms in total. The number of amides is 2. The lowest BCUT2D eigenvalue weighted by Crippen LogP contribution is -2.43. The molecule has 3 rings (SSSR count). The van der Waals surface area contributed by atoms with Crippen molar-refractivity contribution >= 4 is 12.0 Å². The molecule has 0 aromatic heterocycles. The Morgan fingerprint density at radius 3 is 2.56 bits per heavy atom. The van der Waals surface area contributed by atoms with Crippen molar-refractivity contribution < 1.29 is 23.5 Å². The highest BCUT2D eigenvalue weighted by atomic mass is 19.1. The highest BCUT2D eigenvalue weighted by Gasteiger charge is 2.29. The summed E-state index contributed by atoms with van der Waals surface area (Å²) in [5, 5.41) is 2.73. The summed E-state index contributed by atoms with van der Waals surface area (Å²) in [7, 11) is 0. The van der Waals surface area contributed by atoms with Crippen LogP contribution in [0, 0.1) is 5.82 Å². The molecule has 1 N–H and O–H groups in total. The SMILES string of the molecule is CC(C)(C)OC(=O)N(CCCCNC(=O)c1ccccc1F)CC1Cc2ccccc2O1. The summed E-state index contributed by atoms with van der Waals surface area (Å²) in [5.74, 6) is -0.125. The van der Waals surface area contributed by atoms with Crippen molar-refractivity contribution in [3.8, 4) is 5.75 Å². The highest BCUT2D eigenvalue weighted by molar-refractivity contribution is 5.94. The van der Waals surface area contributed by atoms with Crippen LogP contribution in [-0.2, 0) is 11.2 Å². The van der Waals surface area contributed by atoms with E-state index in [1.807, 2.05) is 45.0 Å². The van der Waals surface area contributed by atoms with Gasteiger partial charge in [-0.2, -0.15) is 0 Å². The van der Waals surface area contributed by atoms with E-state index in [-0.39, 0.29) is 17.8 Å². The summed E-state index contributed by atoms with van der Waals surface area (Å²) in [4.78, 5) is 26.5. The van der Waals surface area contributed by atoms with Crippen LogP contribution in [-0.4, -0.2) is 48.2 Å². The van der Waals surface area contributed by atoms with E-state index in [0.29, 0.717) is 32.5 Å². The van der Waals surface area contributed by atoms with Crippen LogP contribution in [0.3, 0.4) is 0 Å². The van der Waals surface area contributed by atoms with Gasteiger partial charge in [0.1, 0.15) is 23.3 Å². The molecule has 0 radical (unpaired) electrons. The first kappa shape index (κ1) is 23.6. The van der Waals surface area contributed by atoms with Crippen molar-refractivity contribution in [2.24, 2.45) is 0 Å². The number of halogens is 1. The number of unbranched alkanes of at least 4 members (excludes halogenated alkanes) is 1. The van der Waals surface area contributed by atoms with E-state index in [2.05, 4.69) is 5.32 Å². The number of nitrogens with zero attached hydrogens (tertiary/aromatic N) is 1. The van der Waals surface area contributed by atoms with E-state index in [0.717, 1.165) is 17.7 Å². The molecular formula is C25H31FN2O4. The van der Waals surface area contributed by atoms with Gasteiger partial charge >= 0.3 is 6.09 Å². The number of hydrogen-bond donors (Lipinski definition) is 1. The van der Waals surface area contributed by atoms with Crippen LogP contribution in [0.4, 0.5) is 9.18 Å². The first-order chi connectivity index (χ1) is 15.2. The molecule has 7 heteroatoms. The Bertz CT molecular complexity index is 917. The fraction of sp³-hybridized carbons (Fsp3) is 0.440. The van der Waals surface area contributed by atoms with Crippen LogP contribution >= 0.6 is 0 Å². The van der Waals surface area contributed by atoms with Gasteiger partial charge in [-0.3, -0.25) is 4.79 Å². The van der Waals surface area contributed by atoms with E-state index in [1.54, 1.807) is 17.0 Å². The van der Waals surface area contributed by atoms with Crippen molar-refractivity contribution in [3.05, 3.63) is 65.5 Å². The molecule has 1 atom stereocenters. The van der Waals surface area contributed by atoms with Crippen molar-refractivity contribution in [2.45, 2.75) is 51.7 Å². The Morgan fingerprint density at radius 2 is 1.84 bits per heavy atom. The Kier molecular flexibility index (Phi) is 7.72. The quantitative estimate of drug-likeness (QED) is 0.608. The summed E-state index contributed by atoms with van der Waals surface area (Å²) >= 11 is 0. The van der Waals surface area contributed by atoms with Gasteiger partial charge in [0.25, 0.3) is 5.91 Å². The summed E-state index contributed by atoms with van der Waals surface area (Å²) in [6.07, 6.45) is 1.55. The molecule has 1 unspecified atom stereocenters. The Balaban J connectivity index is 1.50. The number of hydrogen-bond acceptors (Lipinski definition) is 4. The first-order valence-corrected chi connectivity index (χ1v) is 11.0. The molecule has 0 aliphatic carbocycles. The molecular weight excluding hydrogens is 411 g/mol. The van der Waals surface area contributed by atoms with Crippen molar-refractivity contribution in [1.29, 1.82) is 0 Å². The molecule has 0 fully saturated rings. The minimum atomic E-state index is -0.595. The molecule has 1 aliphatic heterocycles. The van der Waals surface area contributed by atoms with E-state index < -0.39 is 17.3 Å². The highest BCUT2D eigenvalue weighted by Crippen LogP contribution is 2.28. The normalized spacial score (nSPS) is 14.9. The topological polar surface area (TPSA) is 67.9 Å². The van der Waals surface area contributed by atoms with Gasteiger partial charge in [-0.05, 0) is 57.4 Å². The monoisotopic (exact) mass is 442 g/mol. The maximum absolute atomic E-state index is 13.7. The average molecular weight is 443 g/mol. The van der Waals surface area contributed by atoms with Crippen molar-refractivity contribution in [1.82, 2.24) is 10.2 Å². The Labute approximate surface area is 188 Å². The smallest absolute Gasteiger partial charge is 0.410 e. The summed E-state index contributed by atoms with van der Waals surface area (Å²) < 4.78 is 25.3. The lowest BCUT2D eigenvalue weighted by Gasteiger charge is -2.29. The van der Waals surface area contributed by atoms with Gasteiger partial charge in [0, 0.05) is 19.5 Å². The van der Waals surface area contributed by atoms with E-state index in [4.69, 9.17) is 9.47 Å². The zero-order valence-electron chi connectivity index (χ0n) is 18.9. The number of carbonyl (C=O) groups is 2. The minimum absolute atomic E-state index is 0.0285. The number of para-hydroxylation sites is 1. The number of carbonyl (C=O) groups excluding carboxylic acids is 2. The third kappa shape index (κ3) is 6.70. The summed E-state index contributed by atoms with van der Waals surface area (Å²) in [5.41, 5.74) is 0.570. The van der Waals surface area contributed by atoms with Crippen LogP contribution in [0.2, 0.25) is 0 Å². The molecule has 2 aromatic rings. The second-order valence-electron chi connectivity index (χ2n) is 8.92. The molecule has 0 saturated heterocycles. The molecule has 2 aromatic carbocycles. The van der Waals surface area contributed by atoms with Crippen LogP contribution < -0.4 is 10.1 Å². The van der Waals surface area contributed by atoms with Crippen LogP contribution in [0.15, 0.2) is 48.5 Å². The van der Waals surface area contributed by atoms with Crippen LogP contribution in [0.5, 0.6) is 5.75 Å². The van der Waals surface area contributed by atoms with E-state index >= 15 is 0 Å². The lowest BCUT2D eigenvalue weighted by atomic mass is 10.1. The van der Waals surface area contributed by atoms with E-state index in [1.165, 1.54) is 12.1 Å². The maximum Gasteiger partial charge on any atom is 0.410 e. The number of benzene rings is 2. The molecule has 1 heterocycles. The fourth-order valence-corrected chi connectivity index (χ4v) is 3.56. The third-order valence-electron chi connectivity index (χ3n) is 5.05. The summed E-state index contributed by atoms with van der Waals surface area (Å²) in [6.45, 7) is 6.79. The zero-order valence-corrected chi connectivity index (χ0v) is 18.9. The Hall–Kier alpha value is -3.09. The molecule has 1 aliphatic rings. The first-order valence-electron chi connectivity index (χ1n) is 11.0. The molecule has 0 spiro atoms. The van der Waals surface area contributed by atoms with Gasteiger partial charge in [0.05, 0.1) is 12.1 Å². The van der Waals surface area contributed by atoms with E-state index in [9.17, 15) is 14.0 Å². The second kappa shape index (κ2) is 10.5. The number of nitrogens with one attached hydrogen (secondary N) is 1. The summed E-state index contributed by atoms with van der Waals surface area (Å²) in [6, 6.07) is 13.8. The van der Waals surface area contributed by atoms with Crippen LogP contribution in [0.25, 0.3) is 0 Å². The molecule has 172 valence electrons. The minimum Gasteiger partial charge on any atom is -0.488 e. The van der Waals surface area contributed by atoms with Crippen molar-refractivity contribution in [2.75, 3.05) is 19.6 Å². The lowest BCUT2D eigenvalue weighted by molar-refractivity contribution is 0.0179. The van der Waals surface area contributed by atoms with Crippen LogP contribution in [0.1, 0.15) is 49.5 Å². The van der Waals surface area contributed by atoms with Gasteiger partial charge in [-0.1, -0.05) is 30.3 Å². The molecule has 32 heavy (non-hydrogen) atoms. The van der Waals surface area contributed by atoms with Gasteiger partial charge in [0.2, 0.25) is 0 Å². The zero-order chi connectivity index (χ0) is 23.1. The average Bonchev–Trinajstić information content (AvgIpc) is 3.14. The second-order valence-corrected chi connectivity index (χ2v) is 8.92. The third-order valence-corrected chi connectivity index (χ3v) is 5.05. The molecule has 0 bridgehead atoms. The number of ether oxygens (including phenoxy) is 2. The number of rotatable bonds is 8. The van der Waals surface area contributed by atoms with Gasteiger partial charge < -0.3 is 19.7 Å². The largest absolute Gasteiger partial charge is 0.488 e. The standard InChI is InChI=1S/C25H31FN2O4/c1-25(2,3)32-24(30)28(17-19-16-18-10-4-7-13-22(18)31-19)15-9-8-14-27-23(29)20-11-5-6-12-21(20)26/h4-7,10-13,19H,8-9,14-17H2,1-3H3,(H,27,29). The van der Waals surface area contributed by atoms with Gasteiger partial charge in [-0.15, -0.1) is 0 Å². The van der Waals surface area contributed by atoms with Gasteiger partial charge in [-0.25, -0.2) is 9.18 Å². The maximum atomic E-state index is 13.7. The molecule has 2 amide bonds. The number of fused-ring (bicyclic) bond motifs is 1. The predicted octanol–water partition coefficient (Wildman–Crippen LogP) is 4.58. The van der Waals surface area contributed by atoms with Gasteiger partial charge in [0.15, 0.2) is 0 Å². The fourth-order valence-electron chi connectivity index (χ4n) is 3.56. The Morgan fingerprint density at radius 1 is 1.12 bits per heavy atom. The molecule has 0 saturated carbocycles. The predicted molar refractivity (Wildman–Crippen MR) is 120 cm³/mol. The van der Waals surface area contributed by atoms with Crippen molar-refractivity contribution in [3.63, 3.8) is 0 Å².